The van der Waals surface area contributed by atoms with Gasteiger partial charge in [0.15, 0.2) is 0 Å². The molecule has 0 radical (unpaired) electrons. The Kier molecular flexibility index (Phi) is 5.95. The van der Waals surface area contributed by atoms with Crippen molar-refractivity contribution >= 4 is 11.9 Å². The van der Waals surface area contributed by atoms with Crippen LogP contribution in [0.3, 0.4) is 0 Å². The molecule has 1 aliphatic heterocycles. The molecule has 3 aromatic rings. The van der Waals surface area contributed by atoms with Crippen LogP contribution < -0.4 is 16.2 Å². The standard InChI is InChI=1S/C22H24FN7O2/c1-12-20-16(29-22(25)27-12)9-18(30(21(20)31)7-3-6-24)14-5-4-13(23)8-15(14)17-10-26-11-19(28-17)32-2/h4-5,8,10-11,18H,3,6-7,9,24H2,1-2H3,(H2,25,27,29). The largest absolute Gasteiger partial charge is 0.480 e. The smallest absolute Gasteiger partial charge is 0.258 e. The zero-order valence-corrected chi connectivity index (χ0v) is 17.9. The van der Waals surface area contributed by atoms with Crippen molar-refractivity contribution in [1.29, 1.82) is 0 Å². The van der Waals surface area contributed by atoms with Crippen LogP contribution in [0, 0.1) is 12.7 Å². The Morgan fingerprint density at radius 3 is 2.81 bits per heavy atom. The van der Waals surface area contributed by atoms with Gasteiger partial charge in [-0.1, -0.05) is 6.07 Å². The number of carbonyl (C=O) groups excluding carboxylic acids is 1. The molecule has 1 unspecified atom stereocenters. The minimum absolute atomic E-state index is 0.112. The number of ether oxygens (including phenoxy) is 1. The third-order valence-electron chi connectivity index (χ3n) is 5.49. The average Bonchev–Trinajstić information content (AvgIpc) is 2.77. The Hall–Kier alpha value is -3.66. The van der Waals surface area contributed by atoms with E-state index >= 15 is 0 Å². The number of methoxy groups -OCH3 is 1. The van der Waals surface area contributed by atoms with Gasteiger partial charge in [0.1, 0.15) is 5.82 Å². The second-order valence-electron chi connectivity index (χ2n) is 7.53. The van der Waals surface area contributed by atoms with Crippen molar-refractivity contribution in [2.75, 3.05) is 25.9 Å². The first kappa shape index (κ1) is 21.6. The first-order valence-electron chi connectivity index (χ1n) is 10.2. The SMILES string of the molecule is COc1cncc(-c2cc(F)ccc2C2Cc3nc(N)nc(C)c3C(=O)N2CCCN)n1. The minimum atomic E-state index is -0.424. The molecule has 0 fully saturated rings. The summed E-state index contributed by atoms with van der Waals surface area (Å²) in [6, 6.07) is 4.01. The van der Waals surface area contributed by atoms with Gasteiger partial charge >= 0.3 is 0 Å². The molecule has 0 saturated heterocycles. The highest BCUT2D eigenvalue weighted by Crippen LogP contribution is 2.38. The molecule has 4 rings (SSSR count). The summed E-state index contributed by atoms with van der Waals surface area (Å²) in [6.07, 6.45) is 4.02. The van der Waals surface area contributed by atoms with Crippen molar-refractivity contribution in [3.63, 3.8) is 0 Å². The average molecular weight is 437 g/mol. The second kappa shape index (κ2) is 8.83. The van der Waals surface area contributed by atoms with E-state index in [9.17, 15) is 9.18 Å². The second-order valence-corrected chi connectivity index (χ2v) is 7.53. The third-order valence-corrected chi connectivity index (χ3v) is 5.49. The molecule has 1 atom stereocenters. The summed E-state index contributed by atoms with van der Waals surface area (Å²) in [6.45, 7) is 2.60. The Labute approximate surface area is 184 Å². The van der Waals surface area contributed by atoms with Crippen LogP contribution in [0.15, 0.2) is 30.6 Å². The van der Waals surface area contributed by atoms with E-state index < -0.39 is 11.9 Å². The van der Waals surface area contributed by atoms with E-state index in [1.165, 1.54) is 31.6 Å². The van der Waals surface area contributed by atoms with Crippen molar-refractivity contribution in [3.05, 3.63) is 58.9 Å². The van der Waals surface area contributed by atoms with Gasteiger partial charge < -0.3 is 21.1 Å². The van der Waals surface area contributed by atoms with Crippen LogP contribution in [-0.2, 0) is 6.42 Å². The van der Waals surface area contributed by atoms with Crippen LogP contribution in [0.5, 0.6) is 5.88 Å². The first-order valence-corrected chi connectivity index (χ1v) is 10.2. The van der Waals surface area contributed by atoms with Gasteiger partial charge in [0.25, 0.3) is 5.91 Å². The molecule has 3 heterocycles. The maximum Gasteiger partial charge on any atom is 0.258 e. The lowest BCUT2D eigenvalue weighted by Gasteiger charge is -2.37. The van der Waals surface area contributed by atoms with Crippen molar-refractivity contribution in [1.82, 2.24) is 24.8 Å². The van der Waals surface area contributed by atoms with E-state index in [2.05, 4.69) is 19.9 Å². The predicted octanol–water partition coefficient (Wildman–Crippen LogP) is 2.06. The zero-order valence-electron chi connectivity index (χ0n) is 17.9. The fourth-order valence-electron chi connectivity index (χ4n) is 4.07. The number of hydrogen-bond donors (Lipinski definition) is 2. The van der Waals surface area contributed by atoms with Crippen molar-refractivity contribution in [3.8, 4) is 17.1 Å². The summed E-state index contributed by atoms with van der Waals surface area (Å²) in [5, 5.41) is 0. The lowest BCUT2D eigenvalue weighted by atomic mass is 9.88. The molecule has 1 amide bonds. The van der Waals surface area contributed by atoms with Gasteiger partial charge in [0.2, 0.25) is 11.8 Å². The Morgan fingerprint density at radius 1 is 1.25 bits per heavy atom. The van der Waals surface area contributed by atoms with Crippen LogP contribution in [0.2, 0.25) is 0 Å². The normalized spacial score (nSPS) is 15.6. The number of fused-ring (bicyclic) bond motifs is 1. The minimum Gasteiger partial charge on any atom is -0.480 e. The molecule has 9 nitrogen and oxygen atoms in total. The molecule has 1 aromatic carbocycles. The highest BCUT2D eigenvalue weighted by molar-refractivity contribution is 5.98. The van der Waals surface area contributed by atoms with E-state index in [1.807, 2.05) is 0 Å². The summed E-state index contributed by atoms with van der Waals surface area (Å²) in [5.41, 5.74) is 14.8. The molecule has 2 aromatic heterocycles. The van der Waals surface area contributed by atoms with E-state index in [0.29, 0.717) is 60.0 Å². The fourth-order valence-corrected chi connectivity index (χ4v) is 4.07. The van der Waals surface area contributed by atoms with Gasteiger partial charge in [-0.3, -0.25) is 9.78 Å². The molecule has 166 valence electrons. The van der Waals surface area contributed by atoms with Crippen molar-refractivity contribution in [2.45, 2.75) is 25.8 Å². The van der Waals surface area contributed by atoms with Crippen molar-refractivity contribution in [2.24, 2.45) is 5.73 Å². The van der Waals surface area contributed by atoms with Crippen LogP contribution in [-0.4, -0.2) is 50.9 Å². The number of anilines is 1. The first-order chi connectivity index (χ1) is 15.4. The molecular weight excluding hydrogens is 413 g/mol. The maximum absolute atomic E-state index is 14.3. The summed E-state index contributed by atoms with van der Waals surface area (Å²) in [4.78, 5) is 32.3. The lowest BCUT2D eigenvalue weighted by Crippen LogP contribution is -2.42. The monoisotopic (exact) mass is 437 g/mol. The van der Waals surface area contributed by atoms with E-state index in [4.69, 9.17) is 16.2 Å². The molecule has 0 aliphatic carbocycles. The van der Waals surface area contributed by atoms with Crippen LogP contribution in [0.25, 0.3) is 11.3 Å². The number of benzene rings is 1. The van der Waals surface area contributed by atoms with E-state index in [0.717, 1.165) is 5.56 Å². The molecule has 1 aliphatic rings. The predicted molar refractivity (Wildman–Crippen MR) is 116 cm³/mol. The molecule has 32 heavy (non-hydrogen) atoms. The number of amides is 1. The Bertz CT molecular complexity index is 1170. The van der Waals surface area contributed by atoms with Crippen LogP contribution in [0.1, 0.15) is 39.8 Å². The van der Waals surface area contributed by atoms with Crippen LogP contribution >= 0.6 is 0 Å². The molecular formula is C22H24FN7O2. The summed E-state index contributed by atoms with van der Waals surface area (Å²) < 4.78 is 19.5. The number of aromatic nitrogens is 4. The number of nitrogen functional groups attached to an aromatic ring is 1. The maximum atomic E-state index is 14.3. The van der Waals surface area contributed by atoms with Gasteiger partial charge in [-0.25, -0.2) is 19.3 Å². The van der Waals surface area contributed by atoms with Gasteiger partial charge in [-0.2, -0.15) is 0 Å². The summed E-state index contributed by atoms with van der Waals surface area (Å²) >= 11 is 0. The third kappa shape index (κ3) is 3.96. The van der Waals surface area contributed by atoms with Crippen LogP contribution in [0.4, 0.5) is 10.3 Å². The van der Waals surface area contributed by atoms with Gasteiger partial charge in [0.05, 0.1) is 48.2 Å². The molecule has 0 saturated carbocycles. The van der Waals surface area contributed by atoms with Gasteiger partial charge in [-0.15, -0.1) is 0 Å². The topological polar surface area (TPSA) is 133 Å². The molecule has 4 N–H and O–H groups in total. The lowest BCUT2D eigenvalue weighted by molar-refractivity contribution is 0.0642. The highest BCUT2D eigenvalue weighted by atomic mass is 19.1. The number of nitrogens with zero attached hydrogens (tertiary/aromatic N) is 5. The number of nitrogens with two attached hydrogens (primary N) is 2. The van der Waals surface area contributed by atoms with E-state index in [1.54, 1.807) is 17.9 Å². The quantitative estimate of drug-likeness (QED) is 0.599. The van der Waals surface area contributed by atoms with E-state index in [-0.39, 0.29) is 11.9 Å². The molecule has 10 heteroatoms. The number of halogens is 1. The molecule has 0 spiro atoms. The highest BCUT2D eigenvalue weighted by Gasteiger charge is 2.37. The zero-order chi connectivity index (χ0) is 22.8. The summed E-state index contributed by atoms with van der Waals surface area (Å²) in [5.74, 6) is -0.207. The van der Waals surface area contributed by atoms with Crippen molar-refractivity contribution < 1.29 is 13.9 Å². The number of aryl methyl sites for hydroxylation is 1. The number of hydrogen-bond acceptors (Lipinski definition) is 8. The van der Waals surface area contributed by atoms with Gasteiger partial charge in [-0.05, 0) is 37.6 Å². The summed E-state index contributed by atoms with van der Waals surface area (Å²) in [7, 11) is 1.48. The van der Waals surface area contributed by atoms with Gasteiger partial charge in [0, 0.05) is 18.5 Å². The molecule has 0 bridgehead atoms. The Morgan fingerprint density at radius 2 is 2.06 bits per heavy atom. The number of rotatable bonds is 6. The number of carbonyl (C=O) groups is 1. The fraction of sp³-hybridized carbons (Fsp3) is 0.318. The Balaban J connectivity index is 1.87.